The summed E-state index contributed by atoms with van der Waals surface area (Å²) in [5.41, 5.74) is 0. The van der Waals surface area contributed by atoms with Crippen molar-refractivity contribution in [1.29, 1.82) is 0 Å². The van der Waals surface area contributed by atoms with Crippen LogP contribution in [0.4, 0.5) is 0 Å². The number of rotatable bonds is 4. The second kappa shape index (κ2) is 7.07. The number of allylic oxidation sites excluding steroid dienone is 2. The second-order valence-corrected chi connectivity index (χ2v) is 6.52. The molecular formula is C16H26N2O3. The van der Waals surface area contributed by atoms with E-state index in [1.165, 1.54) is 0 Å². The molecule has 1 saturated heterocycles. The van der Waals surface area contributed by atoms with Crippen LogP contribution in [0.25, 0.3) is 0 Å². The highest BCUT2D eigenvalue weighted by molar-refractivity contribution is 5.85. The van der Waals surface area contributed by atoms with Crippen LogP contribution in [0.15, 0.2) is 12.2 Å². The van der Waals surface area contributed by atoms with Gasteiger partial charge in [-0.15, -0.1) is 0 Å². The van der Waals surface area contributed by atoms with Crippen molar-refractivity contribution in [3.63, 3.8) is 0 Å². The predicted molar refractivity (Wildman–Crippen MR) is 80.8 cm³/mol. The van der Waals surface area contributed by atoms with Crippen LogP contribution in [0, 0.1) is 17.8 Å². The summed E-state index contributed by atoms with van der Waals surface area (Å²) in [6, 6.07) is 0. The van der Waals surface area contributed by atoms with E-state index < -0.39 is 11.9 Å². The molecule has 2 atom stereocenters. The summed E-state index contributed by atoms with van der Waals surface area (Å²) in [7, 11) is 4.15. The minimum Gasteiger partial charge on any atom is -0.481 e. The topological polar surface area (TPSA) is 60.9 Å². The summed E-state index contributed by atoms with van der Waals surface area (Å²) in [4.78, 5) is 28.0. The molecule has 1 aliphatic heterocycles. The molecule has 2 rings (SSSR count). The first-order chi connectivity index (χ1) is 9.99. The lowest BCUT2D eigenvalue weighted by atomic mass is 9.81. The number of carboxylic acids is 1. The fourth-order valence-electron chi connectivity index (χ4n) is 3.45. The van der Waals surface area contributed by atoms with Crippen molar-refractivity contribution in [2.24, 2.45) is 17.8 Å². The quantitative estimate of drug-likeness (QED) is 0.797. The Morgan fingerprint density at radius 2 is 1.71 bits per heavy atom. The largest absolute Gasteiger partial charge is 0.481 e. The van der Waals surface area contributed by atoms with E-state index in [9.17, 15) is 14.7 Å². The Kier molecular flexibility index (Phi) is 5.39. The zero-order chi connectivity index (χ0) is 15.4. The number of carbonyl (C=O) groups is 2. The number of piperidine rings is 1. The Hall–Kier alpha value is -1.36. The van der Waals surface area contributed by atoms with Crippen LogP contribution in [0.2, 0.25) is 0 Å². The molecule has 21 heavy (non-hydrogen) atoms. The lowest BCUT2D eigenvalue weighted by Crippen LogP contribution is -2.46. The normalized spacial score (nSPS) is 27.1. The summed E-state index contributed by atoms with van der Waals surface area (Å²) >= 11 is 0. The summed E-state index contributed by atoms with van der Waals surface area (Å²) in [5.74, 6) is -1.10. The van der Waals surface area contributed by atoms with Crippen molar-refractivity contribution in [3.8, 4) is 0 Å². The SMILES string of the molecule is CN(C)CC1CCN(C(=O)C2CC=CCC2C(=O)O)CC1. The van der Waals surface area contributed by atoms with Gasteiger partial charge in [-0.05, 0) is 45.7 Å². The Morgan fingerprint density at radius 1 is 1.14 bits per heavy atom. The first-order valence-electron chi connectivity index (χ1n) is 7.80. The zero-order valence-electron chi connectivity index (χ0n) is 13.0. The fourth-order valence-corrected chi connectivity index (χ4v) is 3.45. The van der Waals surface area contributed by atoms with E-state index in [4.69, 9.17) is 0 Å². The zero-order valence-corrected chi connectivity index (χ0v) is 13.0. The molecular weight excluding hydrogens is 268 g/mol. The van der Waals surface area contributed by atoms with Gasteiger partial charge < -0.3 is 14.9 Å². The molecule has 0 saturated carbocycles. The molecule has 0 aromatic rings. The molecule has 1 aliphatic carbocycles. The summed E-state index contributed by atoms with van der Waals surface area (Å²) < 4.78 is 0. The van der Waals surface area contributed by atoms with E-state index >= 15 is 0 Å². The van der Waals surface area contributed by atoms with E-state index in [0.29, 0.717) is 18.8 Å². The maximum Gasteiger partial charge on any atom is 0.307 e. The number of aliphatic carboxylic acids is 1. The van der Waals surface area contributed by atoms with Crippen LogP contribution < -0.4 is 0 Å². The van der Waals surface area contributed by atoms with Gasteiger partial charge in [0, 0.05) is 19.6 Å². The molecule has 2 aliphatic rings. The molecule has 118 valence electrons. The van der Waals surface area contributed by atoms with Crippen LogP contribution in [0.5, 0.6) is 0 Å². The third kappa shape index (κ3) is 4.06. The van der Waals surface area contributed by atoms with E-state index in [-0.39, 0.29) is 11.8 Å². The average molecular weight is 294 g/mol. The highest BCUT2D eigenvalue weighted by atomic mass is 16.4. The van der Waals surface area contributed by atoms with Gasteiger partial charge in [-0.1, -0.05) is 12.2 Å². The van der Waals surface area contributed by atoms with Crippen molar-refractivity contribution in [3.05, 3.63) is 12.2 Å². The highest BCUT2D eigenvalue weighted by Crippen LogP contribution is 2.29. The van der Waals surface area contributed by atoms with Crippen LogP contribution in [0.1, 0.15) is 25.7 Å². The van der Waals surface area contributed by atoms with E-state index in [2.05, 4.69) is 19.0 Å². The van der Waals surface area contributed by atoms with Crippen molar-refractivity contribution < 1.29 is 14.7 Å². The van der Waals surface area contributed by atoms with E-state index in [1.54, 1.807) is 0 Å². The number of hydrogen-bond donors (Lipinski definition) is 1. The molecule has 2 unspecified atom stereocenters. The van der Waals surface area contributed by atoms with Gasteiger partial charge in [-0.25, -0.2) is 0 Å². The molecule has 5 nitrogen and oxygen atoms in total. The van der Waals surface area contributed by atoms with Crippen molar-refractivity contribution in [2.75, 3.05) is 33.7 Å². The molecule has 1 fully saturated rings. The molecule has 1 amide bonds. The van der Waals surface area contributed by atoms with Gasteiger partial charge in [0.2, 0.25) is 5.91 Å². The van der Waals surface area contributed by atoms with Crippen LogP contribution in [-0.2, 0) is 9.59 Å². The average Bonchev–Trinajstić information content (AvgIpc) is 2.46. The number of amides is 1. The second-order valence-electron chi connectivity index (χ2n) is 6.52. The summed E-state index contributed by atoms with van der Waals surface area (Å²) in [6.45, 7) is 2.60. The first-order valence-corrected chi connectivity index (χ1v) is 7.80. The molecule has 5 heteroatoms. The Labute approximate surface area is 126 Å². The Morgan fingerprint density at radius 3 is 2.24 bits per heavy atom. The standard InChI is InChI=1S/C16H26N2O3/c1-17(2)11-12-7-9-18(10-8-12)15(19)13-5-3-4-6-14(13)16(20)21/h3-4,12-14H,5-11H2,1-2H3,(H,20,21). The van der Waals surface area contributed by atoms with Crippen LogP contribution in [0.3, 0.4) is 0 Å². The molecule has 1 heterocycles. The third-order valence-electron chi connectivity index (χ3n) is 4.62. The number of likely N-dealkylation sites (tertiary alicyclic amines) is 1. The first kappa shape index (κ1) is 16.0. The predicted octanol–water partition coefficient (Wildman–Crippen LogP) is 1.45. The number of nitrogens with zero attached hydrogens (tertiary/aromatic N) is 2. The van der Waals surface area contributed by atoms with Crippen LogP contribution >= 0.6 is 0 Å². The number of carbonyl (C=O) groups excluding carboxylic acids is 1. The van der Waals surface area contributed by atoms with E-state index in [0.717, 1.165) is 32.5 Å². The fraction of sp³-hybridized carbons (Fsp3) is 0.750. The smallest absolute Gasteiger partial charge is 0.307 e. The van der Waals surface area contributed by atoms with Gasteiger partial charge in [-0.2, -0.15) is 0 Å². The molecule has 1 N–H and O–H groups in total. The number of hydrogen-bond acceptors (Lipinski definition) is 3. The highest BCUT2D eigenvalue weighted by Gasteiger charge is 2.37. The molecule has 0 spiro atoms. The van der Waals surface area contributed by atoms with Gasteiger partial charge in [0.15, 0.2) is 0 Å². The van der Waals surface area contributed by atoms with Crippen molar-refractivity contribution in [1.82, 2.24) is 9.80 Å². The lowest BCUT2D eigenvalue weighted by molar-refractivity contribution is -0.151. The van der Waals surface area contributed by atoms with Crippen LogP contribution in [-0.4, -0.2) is 60.5 Å². The van der Waals surface area contributed by atoms with Gasteiger partial charge in [0.25, 0.3) is 0 Å². The van der Waals surface area contributed by atoms with Gasteiger partial charge >= 0.3 is 5.97 Å². The maximum atomic E-state index is 12.6. The molecule has 0 aromatic carbocycles. The molecule has 0 radical (unpaired) electrons. The minimum absolute atomic E-state index is 0.0371. The lowest BCUT2D eigenvalue weighted by Gasteiger charge is -2.36. The molecule has 0 aromatic heterocycles. The van der Waals surface area contributed by atoms with Crippen molar-refractivity contribution in [2.45, 2.75) is 25.7 Å². The third-order valence-corrected chi connectivity index (χ3v) is 4.62. The maximum absolute atomic E-state index is 12.6. The van der Waals surface area contributed by atoms with E-state index in [1.807, 2.05) is 17.1 Å². The van der Waals surface area contributed by atoms with Gasteiger partial charge in [0.05, 0.1) is 11.8 Å². The number of carboxylic acid groups (broad SMARTS) is 1. The summed E-state index contributed by atoms with van der Waals surface area (Å²) in [6.07, 6.45) is 6.90. The monoisotopic (exact) mass is 294 g/mol. The Bertz CT molecular complexity index is 412. The van der Waals surface area contributed by atoms with Crippen molar-refractivity contribution >= 4 is 11.9 Å². The van der Waals surface area contributed by atoms with Gasteiger partial charge in [0.1, 0.15) is 0 Å². The summed E-state index contributed by atoms with van der Waals surface area (Å²) in [5, 5.41) is 9.29. The molecule has 0 bridgehead atoms. The Balaban J connectivity index is 1.92. The van der Waals surface area contributed by atoms with Gasteiger partial charge in [-0.3, -0.25) is 9.59 Å². The minimum atomic E-state index is -0.847.